The van der Waals surface area contributed by atoms with Crippen molar-refractivity contribution in [2.75, 3.05) is 38.5 Å². The number of benzene rings is 2. The van der Waals surface area contributed by atoms with Gasteiger partial charge in [0.1, 0.15) is 5.56 Å². The summed E-state index contributed by atoms with van der Waals surface area (Å²) >= 11 is 3.43. The third-order valence-corrected chi connectivity index (χ3v) is 4.31. The van der Waals surface area contributed by atoms with Gasteiger partial charge in [0.2, 0.25) is 0 Å². The Hall–Kier alpha value is -2.21. The van der Waals surface area contributed by atoms with Crippen molar-refractivity contribution in [1.82, 2.24) is 0 Å². The lowest BCUT2D eigenvalue weighted by atomic mass is 9.99. The highest BCUT2D eigenvalue weighted by Crippen LogP contribution is 2.38. The van der Waals surface area contributed by atoms with E-state index in [0.29, 0.717) is 17.1 Å². The summed E-state index contributed by atoms with van der Waals surface area (Å²) in [5.41, 5.74) is 3.14. The van der Waals surface area contributed by atoms with Crippen molar-refractivity contribution in [2.24, 2.45) is 0 Å². The van der Waals surface area contributed by atoms with E-state index in [1.165, 1.54) is 14.2 Å². The van der Waals surface area contributed by atoms with Gasteiger partial charge in [-0.25, -0.2) is 4.79 Å². The molecule has 1 N–H and O–H groups in total. The smallest absolute Gasteiger partial charge is 0.341 e. The zero-order valence-electron chi connectivity index (χ0n) is 14.6. The average molecular weight is 408 g/mol. The van der Waals surface area contributed by atoms with E-state index < -0.39 is 5.97 Å². The maximum Gasteiger partial charge on any atom is 0.341 e. The number of anilines is 1. The molecule has 0 aliphatic rings. The van der Waals surface area contributed by atoms with Crippen LogP contribution in [0.4, 0.5) is 5.69 Å². The number of esters is 1. The molecule has 0 heterocycles. The van der Waals surface area contributed by atoms with Gasteiger partial charge in [0.25, 0.3) is 0 Å². The summed E-state index contributed by atoms with van der Waals surface area (Å²) in [5, 5.41) is 4.36. The van der Waals surface area contributed by atoms with Crippen molar-refractivity contribution in [3.8, 4) is 22.6 Å². The van der Waals surface area contributed by atoms with Crippen LogP contribution in [0, 0.1) is 0 Å². The molecule has 0 amide bonds. The summed E-state index contributed by atoms with van der Waals surface area (Å²) < 4.78 is 15.6. The minimum absolute atomic E-state index is 0.328. The SMILES string of the molecule is COC(=O)c1cc(-c2ccccc2NCCCBr)cc(OC)c1OC. The lowest BCUT2D eigenvalue weighted by Gasteiger charge is -2.16. The molecule has 0 aliphatic heterocycles. The highest BCUT2D eigenvalue weighted by molar-refractivity contribution is 9.09. The highest BCUT2D eigenvalue weighted by Gasteiger charge is 2.20. The zero-order valence-corrected chi connectivity index (χ0v) is 16.2. The normalized spacial score (nSPS) is 10.2. The molecule has 0 aliphatic carbocycles. The number of methoxy groups -OCH3 is 3. The van der Waals surface area contributed by atoms with E-state index in [-0.39, 0.29) is 0 Å². The van der Waals surface area contributed by atoms with Crippen LogP contribution < -0.4 is 14.8 Å². The monoisotopic (exact) mass is 407 g/mol. The molecule has 0 radical (unpaired) electrons. The number of rotatable bonds is 8. The van der Waals surface area contributed by atoms with Gasteiger partial charge in [-0.1, -0.05) is 34.1 Å². The van der Waals surface area contributed by atoms with E-state index >= 15 is 0 Å². The van der Waals surface area contributed by atoms with Crippen molar-refractivity contribution in [1.29, 1.82) is 0 Å². The maximum atomic E-state index is 12.2. The van der Waals surface area contributed by atoms with E-state index in [4.69, 9.17) is 14.2 Å². The fourth-order valence-corrected chi connectivity index (χ4v) is 2.84. The molecular formula is C19H22BrNO4. The lowest BCUT2D eigenvalue weighted by molar-refractivity contribution is 0.0596. The summed E-state index contributed by atoms with van der Waals surface area (Å²) in [6, 6.07) is 11.6. The number of ether oxygens (including phenoxy) is 3. The van der Waals surface area contributed by atoms with E-state index in [2.05, 4.69) is 21.2 Å². The van der Waals surface area contributed by atoms with Crippen molar-refractivity contribution in [3.63, 3.8) is 0 Å². The highest BCUT2D eigenvalue weighted by atomic mass is 79.9. The van der Waals surface area contributed by atoms with Gasteiger partial charge in [-0.15, -0.1) is 0 Å². The van der Waals surface area contributed by atoms with E-state index in [9.17, 15) is 4.79 Å². The molecule has 0 saturated heterocycles. The summed E-state index contributed by atoms with van der Waals surface area (Å²) in [4.78, 5) is 12.2. The number of hydrogen-bond acceptors (Lipinski definition) is 5. The molecule has 2 aromatic carbocycles. The van der Waals surface area contributed by atoms with E-state index in [1.54, 1.807) is 13.2 Å². The summed E-state index contributed by atoms with van der Waals surface area (Å²) in [7, 11) is 4.39. The van der Waals surface area contributed by atoms with Crippen LogP contribution in [0.1, 0.15) is 16.8 Å². The molecule has 2 aromatic rings. The number of hydrogen-bond donors (Lipinski definition) is 1. The number of para-hydroxylation sites is 1. The summed E-state index contributed by atoms with van der Waals surface area (Å²) in [6.07, 6.45) is 1.01. The van der Waals surface area contributed by atoms with Gasteiger partial charge in [0.15, 0.2) is 11.5 Å². The van der Waals surface area contributed by atoms with Crippen LogP contribution >= 0.6 is 15.9 Å². The lowest BCUT2D eigenvalue weighted by Crippen LogP contribution is -2.07. The van der Waals surface area contributed by atoms with Gasteiger partial charge < -0.3 is 19.5 Å². The Kier molecular flexibility index (Phi) is 7.13. The zero-order chi connectivity index (χ0) is 18.2. The molecule has 5 nitrogen and oxygen atoms in total. The van der Waals surface area contributed by atoms with Gasteiger partial charge in [-0.05, 0) is 30.2 Å². The van der Waals surface area contributed by atoms with Crippen LogP contribution in [0.3, 0.4) is 0 Å². The van der Waals surface area contributed by atoms with Crippen LogP contribution in [-0.4, -0.2) is 39.2 Å². The molecule has 0 saturated carbocycles. The fraction of sp³-hybridized carbons (Fsp3) is 0.316. The van der Waals surface area contributed by atoms with Gasteiger partial charge in [-0.2, -0.15) is 0 Å². The number of carbonyl (C=O) groups is 1. The molecule has 2 rings (SSSR count). The van der Waals surface area contributed by atoms with Crippen molar-refractivity contribution >= 4 is 27.6 Å². The van der Waals surface area contributed by atoms with Crippen LogP contribution in [0.5, 0.6) is 11.5 Å². The molecule has 0 unspecified atom stereocenters. The summed E-state index contributed by atoms with van der Waals surface area (Å²) in [6.45, 7) is 0.847. The molecule has 0 fully saturated rings. The molecule has 0 bridgehead atoms. The minimum atomic E-state index is -0.471. The first-order valence-electron chi connectivity index (χ1n) is 7.89. The van der Waals surface area contributed by atoms with Gasteiger partial charge in [-0.3, -0.25) is 0 Å². The van der Waals surface area contributed by atoms with Crippen LogP contribution in [0.2, 0.25) is 0 Å². The number of carbonyl (C=O) groups excluding carboxylic acids is 1. The Morgan fingerprint density at radius 1 is 1.12 bits per heavy atom. The third kappa shape index (κ3) is 4.45. The molecule has 6 heteroatoms. The standard InChI is InChI=1S/C19H22BrNO4/c1-23-17-12-13(11-15(18(17)24-2)19(22)25-3)14-7-4-5-8-16(14)21-10-6-9-20/h4-5,7-8,11-12,21H,6,9-10H2,1-3H3. The van der Waals surface area contributed by atoms with Gasteiger partial charge >= 0.3 is 5.97 Å². The van der Waals surface area contributed by atoms with Gasteiger partial charge in [0, 0.05) is 23.1 Å². The first-order chi connectivity index (χ1) is 12.2. The largest absolute Gasteiger partial charge is 0.493 e. The van der Waals surface area contributed by atoms with Gasteiger partial charge in [0.05, 0.1) is 21.3 Å². The number of nitrogens with one attached hydrogen (secondary N) is 1. The number of alkyl halides is 1. The Morgan fingerprint density at radius 3 is 2.52 bits per heavy atom. The second kappa shape index (κ2) is 9.32. The second-order valence-electron chi connectivity index (χ2n) is 5.27. The topological polar surface area (TPSA) is 56.8 Å². The molecular weight excluding hydrogens is 386 g/mol. The Labute approximate surface area is 156 Å². The Bertz CT molecular complexity index is 733. The van der Waals surface area contributed by atoms with Crippen LogP contribution in [0.25, 0.3) is 11.1 Å². The van der Waals surface area contributed by atoms with Crippen molar-refractivity contribution in [3.05, 3.63) is 42.0 Å². The van der Waals surface area contributed by atoms with Crippen LogP contribution in [-0.2, 0) is 4.74 Å². The van der Waals surface area contributed by atoms with Crippen molar-refractivity contribution in [2.45, 2.75) is 6.42 Å². The quantitative estimate of drug-likeness (QED) is 0.400. The molecule has 0 atom stereocenters. The first-order valence-corrected chi connectivity index (χ1v) is 9.02. The predicted molar refractivity (Wildman–Crippen MR) is 103 cm³/mol. The first kappa shape index (κ1) is 19.1. The Balaban J connectivity index is 2.54. The second-order valence-corrected chi connectivity index (χ2v) is 6.06. The van der Waals surface area contributed by atoms with Crippen molar-refractivity contribution < 1.29 is 19.0 Å². The molecule has 25 heavy (non-hydrogen) atoms. The number of halogens is 1. The molecule has 0 aromatic heterocycles. The maximum absolute atomic E-state index is 12.2. The molecule has 0 spiro atoms. The minimum Gasteiger partial charge on any atom is -0.493 e. The third-order valence-electron chi connectivity index (χ3n) is 3.75. The van der Waals surface area contributed by atoms with Crippen LogP contribution in [0.15, 0.2) is 36.4 Å². The van der Waals surface area contributed by atoms with E-state index in [1.807, 2.05) is 30.3 Å². The predicted octanol–water partition coefficient (Wildman–Crippen LogP) is 4.35. The summed E-state index contributed by atoms with van der Waals surface area (Å²) in [5.74, 6) is 0.375. The average Bonchev–Trinajstić information content (AvgIpc) is 2.66. The van der Waals surface area contributed by atoms with E-state index in [0.717, 1.165) is 35.1 Å². The Morgan fingerprint density at radius 2 is 1.88 bits per heavy atom. The molecule has 134 valence electrons. The fourth-order valence-electron chi connectivity index (χ4n) is 2.56.